The van der Waals surface area contributed by atoms with Crippen LogP contribution >= 0.6 is 0 Å². The van der Waals surface area contributed by atoms with E-state index in [4.69, 9.17) is 0 Å². The summed E-state index contributed by atoms with van der Waals surface area (Å²) in [6, 6.07) is 11.7. The molecule has 0 radical (unpaired) electrons. The first-order chi connectivity index (χ1) is 9.22. The predicted molar refractivity (Wildman–Crippen MR) is 69.3 cm³/mol. The predicted octanol–water partition coefficient (Wildman–Crippen LogP) is 1.94. The average molecular weight is 252 g/mol. The van der Waals surface area contributed by atoms with Crippen molar-refractivity contribution in [2.45, 2.75) is 12.8 Å². The number of carbonyl (C=O) groups excluding carboxylic acids is 1. The van der Waals surface area contributed by atoms with Gasteiger partial charge in [0, 0.05) is 17.2 Å². The molecule has 5 nitrogen and oxygen atoms in total. The van der Waals surface area contributed by atoms with E-state index >= 15 is 0 Å². The van der Waals surface area contributed by atoms with E-state index in [0.717, 1.165) is 16.8 Å². The van der Waals surface area contributed by atoms with Crippen LogP contribution in [0.15, 0.2) is 30.3 Å². The second-order valence-corrected chi connectivity index (χ2v) is 4.60. The molecule has 0 bridgehead atoms. The monoisotopic (exact) mass is 252 g/mol. The summed E-state index contributed by atoms with van der Waals surface area (Å²) < 4.78 is 0. The quantitative estimate of drug-likeness (QED) is 0.813. The number of anilines is 1. The van der Waals surface area contributed by atoms with Gasteiger partial charge < -0.3 is 5.32 Å². The Morgan fingerprint density at radius 1 is 1.32 bits per heavy atom. The number of carbonyl (C=O) groups is 1. The SMILES string of the molecule is Cc1[nH]nc2c1[C@@H](c1ccccc1)[C@H](C#N)C(=O)N2. The number of benzene rings is 1. The lowest BCUT2D eigenvalue weighted by Crippen LogP contribution is -2.33. The number of amides is 1. The maximum absolute atomic E-state index is 12.0. The number of hydrogen-bond donors (Lipinski definition) is 2. The number of nitriles is 1. The maximum atomic E-state index is 12.0. The molecule has 0 aliphatic carbocycles. The van der Waals surface area contributed by atoms with E-state index in [2.05, 4.69) is 21.6 Å². The smallest absolute Gasteiger partial charge is 0.243 e. The van der Waals surface area contributed by atoms with E-state index in [1.54, 1.807) is 0 Å². The lowest BCUT2D eigenvalue weighted by molar-refractivity contribution is -0.119. The first kappa shape index (κ1) is 11.5. The third kappa shape index (κ3) is 1.69. The van der Waals surface area contributed by atoms with Crippen LogP contribution < -0.4 is 5.32 Å². The lowest BCUT2D eigenvalue weighted by Gasteiger charge is -2.27. The highest BCUT2D eigenvalue weighted by molar-refractivity contribution is 5.98. The number of aryl methyl sites for hydroxylation is 1. The zero-order valence-electron chi connectivity index (χ0n) is 10.3. The van der Waals surface area contributed by atoms with Crippen molar-refractivity contribution in [3.05, 3.63) is 47.2 Å². The molecule has 1 aromatic heterocycles. The average Bonchev–Trinajstić information content (AvgIpc) is 2.79. The van der Waals surface area contributed by atoms with E-state index in [0.29, 0.717) is 5.82 Å². The highest BCUT2D eigenvalue weighted by Gasteiger charge is 2.39. The maximum Gasteiger partial charge on any atom is 0.243 e. The van der Waals surface area contributed by atoms with Gasteiger partial charge in [-0.05, 0) is 12.5 Å². The first-order valence-corrected chi connectivity index (χ1v) is 6.02. The topological polar surface area (TPSA) is 81.6 Å². The van der Waals surface area contributed by atoms with Crippen molar-refractivity contribution in [3.8, 4) is 6.07 Å². The Bertz CT molecular complexity index is 668. The Morgan fingerprint density at radius 2 is 2.05 bits per heavy atom. The van der Waals surface area contributed by atoms with Gasteiger partial charge in [0.2, 0.25) is 5.91 Å². The summed E-state index contributed by atoms with van der Waals surface area (Å²) in [6.07, 6.45) is 0. The summed E-state index contributed by atoms with van der Waals surface area (Å²) >= 11 is 0. The molecule has 0 spiro atoms. The van der Waals surface area contributed by atoms with Crippen LogP contribution in [0.3, 0.4) is 0 Å². The van der Waals surface area contributed by atoms with Gasteiger partial charge in [0.1, 0.15) is 5.92 Å². The zero-order valence-corrected chi connectivity index (χ0v) is 10.3. The highest BCUT2D eigenvalue weighted by Crippen LogP contribution is 2.40. The van der Waals surface area contributed by atoms with Gasteiger partial charge in [-0.25, -0.2) is 0 Å². The van der Waals surface area contributed by atoms with E-state index in [9.17, 15) is 10.1 Å². The van der Waals surface area contributed by atoms with Crippen LogP contribution in [-0.2, 0) is 4.79 Å². The molecule has 2 aromatic rings. The van der Waals surface area contributed by atoms with Crippen molar-refractivity contribution in [2.24, 2.45) is 5.92 Å². The number of rotatable bonds is 1. The van der Waals surface area contributed by atoms with Gasteiger partial charge in [0.05, 0.1) is 6.07 Å². The fourth-order valence-corrected chi connectivity index (χ4v) is 2.58. The summed E-state index contributed by atoms with van der Waals surface area (Å²) in [4.78, 5) is 12.0. The minimum Gasteiger partial charge on any atom is -0.308 e. The van der Waals surface area contributed by atoms with Crippen molar-refractivity contribution < 1.29 is 4.79 Å². The summed E-state index contributed by atoms with van der Waals surface area (Å²) in [6.45, 7) is 1.90. The van der Waals surface area contributed by atoms with Crippen LogP contribution in [0.4, 0.5) is 5.82 Å². The molecule has 5 heteroatoms. The summed E-state index contributed by atoms with van der Waals surface area (Å²) in [5.41, 5.74) is 2.73. The Hall–Kier alpha value is -2.61. The number of nitrogens with zero attached hydrogens (tertiary/aromatic N) is 2. The minimum absolute atomic E-state index is 0.270. The molecule has 2 N–H and O–H groups in total. The van der Waals surface area contributed by atoms with E-state index in [-0.39, 0.29) is 11.8 Å². The fraction of sp³-hybridized carbons (Fsp3) is 0.214. The molecule has 19 heavy (non-hydrogen) atoms. The molecule has 1 aliphatic rings. The molecule has 1 amide bonds. The molecule has 0 unspecified atom stereocenters. The van der Waals surface area contributed by atoms with Crippen molar-refractivity contribution in [1.29, 1.82) is 5.26 Å². The second kappa shape index (κ2) is 4.25. The molecule has 1 aromatic carbocycles. The highest BCUT2D eigenvalue weighted by atomic mass is 16.2. The minimum atomic E-state index is -0.730. The van der Waals surface area contributed by atoms with Crippen molar-refractivity contribution in [3.63, 3.8) is 0 Å². The van der Waals surface area contributed by atoms with Crippen molar-refractivity contribution in [2.75, 3.05) is 5.32 Å². The third-order valence-electron chi connectivity index (χ3n) is 3.46. The molecular formula is C14H12N4O. The van der Waals surface area contributed by atoms with E-state index in [1.807, 2.05) is 37.3 Å². The van der Waals surface area contributed by atoms with Crippen LogP contribution in [0.1, 0.15) is 22.7 Å². The van der Waals surface area contributed by atoms with Crippen LogP contribution in [0.25, 0.3) is 0 Å². The molecule has 1 aliphatic heterocycles. The number of hydrogen-bond acceptors (Lipinski definition) is 3. The molecular weight excluding hydrogens is 240 g/mol. The molecule has 0 fully saturated rings. The Kier molecular flexibility index (Phi) is 2.57. The summed E-state index contributed by atoms with van der Waals surface area (Å²) in [5, 5.41) is 18.9. The normalized spacial score (nSPS) is 21.4. The van der Waals surface area contributed by atoms with Crippen LogP contribution in [0.2, 0.25) is 0 Å². The number of aromatic nitrogens is 2. The van der Waals surface area contributed by atoms with Crippen molar-refractivity contribution >= 4 is 11.7 Å². The van der Waals surface area contributed by atoms with Gasteiger partial charge in [-0.2, -0.15) is 10.4 Å². The first-order valence-electron chi connectivity index (χ1n) is 6.02. The van der Waals surface area contributed by atoms with Crippen LogP contribution in [0, 0.1) is 24.2 Å². The van der Waals surface area contributed by atoms with Crippen LogP contribution in [-0.4, -0.2) is 16.1 Å². The molecule has 0 saturated carbocycles. The standard InChI is InChI=1S/C14H12N4O/c1-8-11-12(9-5-3-2-4-6-9)10(7-15)14(19)16-13(11)18-17-8/h2-6,10,12H,1H3,(H2,16,17,18,19)/t10-,12-/m0/s1. The van der Waals surface area contributed by atoms with E-state index in [1.165, 1.54) is 0 Å². The largest absolute Gasteiger partial charge is 0.308 e. The molecule has 0 saturated heterocycles. The summed E-state index contributed by atoms with van der Waals surface area (Å²) in [5.74, 6) is -0.766. The lowest BCUT2D eigenvalue weighted by atomic mass is 9.78. The Morgan fingerprint density at radius 3 is 2.74 bits per heavy atom. The van der Waals surface area contributed by atoms with Gasteiger partial charge in [0.25, 0.3) is 0 Å². The van der Waals surface area contributed by atoms with Gasteiger partial charge in [-0.3, -0.25) is 9.89 Å². The summed E-state index contributed by atoms with van der Waals surface area (Å²) in [7, 11) is 0. The molecule has 2 atom stereocenters. The molecule has 3 rings (SSSR count). The van der Waals surface area contributed by atoms with E-state index < -0.39 is 5.92 Å². The van der Waals surface area contributed by atoms with Gasteiger partial charge >= 0.3 is 0 Å². The van der Waals surface area contributed by atoms with Gasteiger partial charge in [-0.1, -0.05) is 30.3 Å². The molecule has 2 heterocycles. The van der Waals surface area contributed by atoms with Crippen LogP contribution in [0.5, 0.6) is 0 Å². The molecule has 94 valence electrons. The van der Waals surface area contributed by atoms with Gasteiger partial charge in [-0.15, -0.1) is 0 Å². The second-order valence-electron chi connectivity index (χ2n) is 4.60. The number of H-pyrrole nitrogens is 1. The van der Waals surface area contributed by atoms with Crippen molar-refractivity contribution in [1.82, 2.24) is 10.2 Å². The Balaban J connectivity index is 2.21. The fourth-order valence-electron chi connectivity index (χ4n) is 2.58. The Labute approximate surface area is 110 Å². The third-order valence-corrected chi connectivity index (χ3v) is 3.46. The number of nitrogens with one attached hydrogen (secondary N) is 2. The zero-order chi connectivity index (χ0) is 13.4. The van der Waals surface area contributed by atoms with Gasteiger partial charge in [0.15, 0.2) is 5.82 Å². The number of fused-ring (bicyclic) bond motifs is 1. The number of aromatic amines is 1.